The van der Waals surface area contributed by atoms with Gasteiger partial charge in [-0.2, -0.15) is 0 Å². The number of Topliss-reactive ketones (excluding diaryl/α,β-unsaturated/α-hetero) is 1. The Labute approximate surface area is 149 Å². The van der Waals surface area contributed by atoms with Gasteiger partial charge in [0, 0.05) is 11.8 Å². The van der Waals surface area contributed by atoms with Crippen molar-refractivity contribution in [1.29, 1.82) is 0 Å². The normalized spacial score (nSPS) is 46.9. The van der Waals surface area contributed by atoms with Gasteiger partial charge in [0.1, 0.15) is 5.78 Å². The Bertz CT molecular complexity index is 518. The third-order valence-electron chi connectivity index (χ3n) is 8.49. The molecule has 0 aromatic carbocycles. The lowest BCUT2D eigenvalue weighted by Crippen LogP contribution is -2.50. The molecule has 0 spiro atoms. The molecule has 1 heteroatoms. The highest BCUT2D eigenvalue weighted by Crippen LogP contribution is 2.64. The first-order valence-electron chi connectivity index (χ1n) is 10.7. The number of fused-ring (bicyclic) bond motifs is 5. The third-order valence-corrected chi connectivity index (χ3v) is 8.49. The van der Waals surface area contributed by atoms with Crippen molar-refractivity contribution < 1.29 is 4.79 Å². The molecule has 4 aliphatic carbocycles. The van der Waals surface area contributed by atoms with Gasteiger partial charge in [0.25, 0.3) is 0 Å². The summed E-state index contributed by atoms with van der Waals surface area (Å²) < 4.78 is 0. The fourth-order valence-electron chi connectivity index (χ4n) is 6.86. The van der Waals surface area contributed by atoms with Gasteiger partial charge in [0.2, 0.25) is 0 Å². The molecule has 136 valence electrons. The molecule has 3 fully saturated rings. The van der Waals surface area contributed by atoms with E-state index in [2.05, 4.69) is 26.8 Å². The summed E-state index contributed by atoms with van der Waals surface area (Å²) in [7, 11) is 0. The second-order valence-electron chi connectivity index (χ2n) is 9.19. The fraction of sp³-hybridized carbons (Fsp3) is 0.870. The maximum absolute atomic E-state index is 12.4. The van der Waals surface area contributed by atoms with Crippen LogP contribution in [0.4, 0.5) is 0 Å². The Morgan fingerprint density at radius 2 is 1.71 bits per heavy atom. The molecule has 1 nitrogen and oxygen atoms in total. The van der Waals surface area contributed by atoms with Crippen molar-refractivity contribution in [3.8, 4) is 0 Å². The summed E-state index contributed by atoms with van der Waals surface area (Å²) in [6, 6.07) is 0. The topological polar surface area (TPSA) is 17.1 Å². The summed E-state index contributed by atoms with van der Waals surface area (Å²) >= 11 is 0. The first kappa shape index (κ1) is 18.2. The summed E-state index contributed by atoms with van der Waals surface area (Å²) in [5, 5.41) is 0. The minimum Gasteiger partial charge on any atom is -0.299 e. The molecule has 0 aromatic heterocycles. The Balaban J connectivity index is 0.000000815. The van der Waals surface area contributed by atoms with Crippen LogP contribution in [0, 0.1) is 34.5 Å². The molecular weight excluding hydrogens is 292 g/mol. The molecule has 6 unspecified atom stereocenters. The molecule has 3 saturated carbocycles. The van der Waals surface area contributed by atoms with Crippen LogP contribution in [0.1, 0.15) is 92.4 Å². The smallest absolute Gasteiger partial charge is 0.139 e. The molecule has 6 atom stereocenters. The van der Waals surface area contributed by atoms with Gasteiger partial charge in [0.05, 0.1) is 0 Å². The van der Waals surface area contributed by atoms with Crippen LogP contribution in [0.5, 0.6) is 0 Å². The van der Waals surface area contributed by atoms with Gasteiger partial charge in [-0.1, -0.05) is 52.7 Å². The summed E-state index contributed by atoms with van der Waals surface area (Å²) in [6.45, 7) is 11.2. The molecule has 0 saturated heterocycles. The van der Waals surface area contributed by atoms with E-state index in [9.17, 15) is 4.79 Å². The summed E-state index contributed by atoms with van der Waals surface area (Å²) in [5.74, 6) is 3.83. The van der Waals surface area contributed by atoms with Gasteiger partial charge in [0.15, 0.2) is 0 Å². The number of hydrogen-bond donors (Lipinski definition) is 0. The fourth-order valence-corrected chi connectivity index (χ4v) is 6.86. The average Bonchev–Trinajstić information content (AvgIpc) is 2.91. The van der Waals surface area contributed by atoms with E-state index in [1.807, 2.05) is 13.8 Å². The van der Waals surface area contributed by atoms with Gasteiger partial charge in [-0.15, -0.1) is 0 Å². The van der Waals surface area contributed by atoms with E-state index in [0.717, 1.165) is 30.6 Å². The Morgan fingerprint density at radius 3 is 2.42 bits per heavy atom. The number of carbonyl (C=O) groups is 1. The molecular formula is C23H38O. The minimum atomic E-state index is 0.0312. The lowest BCUT2D eigenvalue weighted by atomic mass is 9.47. The van der Waals surface area contributed by atoms with Crippen LogP contribution < -0.4 is 0 Å². The second-order valence-corrected chi connectivity index (χ2v) is 9.19. The largest absolute Gasteiger partial charge is 0.299 e. The first-order valence-corrected chi connectivity index (χ1v) is 10.7. The summed E-state index contributed by atoms with van der Waals surface area (Å²) in [5.41, 5.74) is 2.28. The Kier molecular flexibility index (Phi) is 5.02. The minimum absolute atomic E-state index is 0.0312. The van der Waals surface area contributed by atoms with E-state index in [4.69, 9.17) is 0 Å². The van der Waals surface area contributed by atoms with Gasteiger partial charge in [-0.3, -0.25) is 4.79 Å². The first-order chi connectivity index (χ1) is 11.5. The summed E-state index contributed by atoms with van der Waals surface area (Å²) in [6.07, 6.45) is 13.9. The molecule has 24 heavy (non-hydrogen) atoms. The van der Waals surface area contributed by atoms with Crippen LogP contribution in [0.3, 0.4) is 0 Å². The van der Waals surface area contributed by atoms with E-state index in [0.29, 0.717) is 17.1 Å². The predicted octanol–water partition coefficient (Wildman–Crippen LogP) is 6.57. The van der Waals surface area contributed by atoms with Crippen LogP contribution in [0.2, 0.25) is 0 Å². The van der Waals surface area contributed by atoms with Crippen molar-refractivity contribution in [3.63, 3.8) is 0 Å². The van der Waals surface area contributed by atoms with E-state index >= 15 is 0 Å². The van der Waals surface area contributed by atoms with Crippen molar-refractivity contribution in [2.75, 3.05) is 0 Å². The number of hydrogen-bond acceptors (Lipinski definition) is 1. The van der Waals surface area contributed by atoms with E-state index in [-0.39, 0.29) is 5.41 Å². The van der Waals surface area contributed by atoms with Crippen molar-refractivity contribution in [1.82, 2.24) is 0 Å². The van der Waals surface area contributed by atoms with E-state index in [1.165, 1.54) is 44.9 Å². The lowest BCUT2D eigenvalue weighted by molar-refractivity contribution is -0.131. The number of rotatable bonds is 1. The maximum atomic E-state index is 12.4. The number of ketones is 1. The molecule has 0 aromatic rings. The molecule has 0 amide bonds. The van der Waals surface area contributed by atoms with Gasteiger partial charge >= 0.3 is 0 Å². The SMILES string of the molecule is CC.CCC1CCC2(C)C(=CCC3C4CCC(=O)C4(C)CCC32)C1. The highest BCUT2D eigenvalue weighted by molar-refractivity contribution is 5.87. The van der Waals surface area contributed by atoms with Crippen LogP contribution >= 0.6 is 0 Å². The molecule has 0 aliphatic heterocycles. The van der Waals surface area contributed by atoms with Crippen LogP contribution in [0.15, 0.2) is 11.6 Å². The van der Waals surface area contributed by atoms with Gasteiger partial charge in [-0.25, -0.2) is 0 Å². The Morgan fingerprint density at radius 1 is 1.04 bits per heavy atom. The van der Waals surface area contributed by atoms with E-state index in [1.54, 1.807) is 5.57 Å². The van der Waals surface area contributed by atoms with Crippen molar-refractivity contribution in [2.45, 2.75) is 92.4 Å². The zero-order chi connectivity index (χ0) is 17.5. The van der Waals surface area contributed by atoms with Crippen molar-refractivity contribution in [2.24, 2.45) is 34.5 Å². The van der Waals surface area contributed by atoms with Gasteiger partial charge in [-0.05, 0) is 74.0 Å². The predicted molar refractivity (Wildman–Crippen MR) is 102 cm³/mol. The highest BCUT2D eigenvalue weighted by atomic mass is 16.1. The number of carbonyl (C=O) groups excluding carboxylic acids is 1. The van der Waals surface area contributed by atoms with E-state index < -0.39 is 0 Å². The van der Waals surface area contributed by atoms with Crippen LogP contribution in [-0.4, -0.2) is 5.78 Å². The molecule has 0 radical (unpaired) electrons. The summed E-state index contributed by atoms with van der Waals surface area (Å²) in [4.78, 5) is 12.4. The zero-order valence-corrected chi connectivity index (χ0v) is 16.7. The third kappa shape index (κ3) is 2.53. The Hall–Kier alpha value is -0.590. The monoisotopic (exact) mass is 330 g/mol. The molecule has 0 bridgehead atoms. The highest BCUT2D eigenvalue weighted by Gasteiger charge is 2.58. The standard InChI is InChI=1S/C21H32O.C2H6/c1-4-14-9-11-20(2)15(13-14)5-6-16-17-7-8-19(22)21(17,3)12-10-18(16)20;1-2/h5,14,16-18H,4,6-13H2,1-3H3;1-2H3. The van der Waals surface area contributed by atoms with Crippen LogP contribution in [-0.2, 0) is 4.79 Å². The second kappa shape index (κ2) is 6.61. The molecule has 4 rings (SSSR count). The maximum Gasteiger partial charge on any atom is 0.139 e. The molecule has 0 N–H and O–H groups in total. The van der Waals surface area contributed by atoms with Crippen molar-refractivity contribution >= 4 is 5.78 Å². The average molecular weight is 331 g/mol. The quantitative estimate of drug-likeness (QED) is 0.497. The lowest BCUT2D eigenvalue weighted by Gasteiger charge is -2.57. The molecule has 0 heterocycles. The van der Waals surface area contributed by atoms with Gasteiger partial charge < -0.3 is 0 Å². The van der Waals surface area contributed by atoms with Crippen LogP contribution in [0.25, 0.3) is 0 Å². The zero-order valence-electron chi connectivity index (χ0n) is 16.7. The molecule has 4 aliphatic rings. The number of allylic oxidation sites excluding steroid dienone is 2. The van der Waals surface area contributed by atoms with Crippen molar-refractivity contribution in [3.05, 3.63) is 11.6 Å².